The van der Waals surface area contributed by atoms with Crippen LogP contribution < -0.4 is 14.2 Å². The van der Waals surface area contributed by atoms with Gasteiger partial charge >= 0.3 is 5.97 Å². The fourth-order valence-electron chi connectivity index (χ4n) is 2.12. The van der Waals surface area contributed by atoms with Gasteiger partial charge in [-0.05, 0) is 45.8 Å². The predicted molar refractivity (Wildman–Crippen MR) is 85.9 cm³/mol. The summed E-state index contributed by atoms with van der Waals surface area (Å²) in [5.74, 6) is 1.19. The van der Waals surface area contributed by atoms with Gasteiger partial charge in [0.15, 0.2) is 11.5 Å². The molecule has 1 heterocycles. The zero-order chi connectivity index (χ0) is 15.5. The second kappa shape index (κ2) is 6.58. The molecule has 114 valence electrons. The molecule has 0 saturated heterocycles. The first-order valence-electron chi connectivity index (χ1n) is 6.67. The number of hydrogen-bond donors (Lipinski definition) is 0. The van der Waals surface area contributed by atoms with Crippen LogP contribution in [0.15, 0.2) is 40.9 Å². The van der Waals surface area contributed by atoms with E-state index >= 15 is 0 Å². The van der Waals surface area contributed by atoms with Gasteiger partial charge in [-0.25, -0.2) is 0 Å². The molecule has 0 bridgehead atoms. The molecule has 0 saturated carbocycles. The van der Waals surface area contributed by atoms with E-state index in [9.17, 15) is 4.79 Å². The molecule has 2 aromatic carbocycles. The van der Waals surface area contributed by atoms with Gasteiger partial charge in [-0.1, -0.05) is 23.7 Å². The van der Waals surface area contributed by atoms with E-state index in [1.165, 1.54) is 0 Å². The van der Waals surface area contributed by atoms with E-state index in [2.05, 4.69) is 15.9 Å². The van der Waals surface area contributed by atoms with Crippen LogP contribution in [0.5, 0.6) is 17.2 Å². The van der Waals surface area contributed by atoms with Gasteiger partial charge in [0, 0.05) is 0 Å². The molecule has 6 heteroatoms. The van der Waals surface area contributed by atoms with Crippen molar-refractivity contribution in [2.45, 2.75) is 6.42 Å². The molecule has 1 aliphatic rings. The molecule has 0 spiro atoms. The quantitative estimate of drug-likeness (QED) is 0.593. The largest absolute Gasteiger partial charge is 0.486 e. The van der Waals surface area contributed by atoms with Gasteiger partial charge in [-0.15, -0.1) is 0 Å². The summed E-state index contributed by atoms with van der Waals surface area (Å²) in [6.45, 7) is 0.935. The summed E-state index contributed by atoms with van der Waals surface area (Å²) >= 11 is 9.49. The summed E-state index contributed by atoms with van der Waals surface area (Å²) in [4.78, 5) is 12.1. The van der Waals surface area contributed by atoms with E-state index in [4.69, 9.17) is 25.8 Å². The third-order valence-corrected chi connectivity index (χ3v) is 4.00. The van der Waals surface area contributed by atoms with Crippen LogP contribution in [0.4, 0.5) is 0 Å². The molecule has 1 aliphatic heterocycles. The Balaban J connectivity index is 1.74. The minimum atomic E-state index is -0.375. The number of halogens is 2. The Hall–Kier alpha value is -1.72. The summed E-state index contributed by atoms with van der Waals surface area (Å²) < 4.78 is 17.0. The van der Waals surface area contributed by atoms with Crippen molar-refractivity contribution < 1.29 is 19.0 Å². The second-order valence-corrected chi connectivity index (χ2v) is 5.94. The van der Waals surface area contributed by atoms with E-state index in [1.54, 1.807) is 24.3 Å². The highest BCUT2D eigenvalue weighted by molar-refractivity contribution is 9.10. The molecule has 0 radical (unpaired) electrons. The molecular formula is C16H12BrClO4. The van der Waals surface area contributed by atoms with Crippen LogP contribution in [0.1, 0.15) is 5.56 Å². The maximum absolute atomic E-state index is 12.1. The van der Waals surface area contributed by atoms with E-state index in [0.29, 0.717) is 41.0 Å². The lowest BCUT2D eigenvalue weighted by atomic mass is 10.1. The van der Waals surface area contributed by atoms with Gasteiger partial charge in [0.05, 0.1) is 15.9 Å². The van der Waals surface area contributed by atoms with E-state index in [-0.39, 0.29) is 12.4 Å². The Bertz CT molecular complexity index is 717. The normalized spacial score (nSPS) is 12.8. The Labute approximate surface area is 141 Å². The number of para-hydroxylation sites is 1. The maximum Gasteiger partial charge on any atom is 0.315 e. The third kappa shape index (κ3) is 3.36. The molecule has 2 aromatic rings. The van der Waals surface area contributed by atoms with Crippen molar-refractivity contribution in [1.29, 1.82) is 0 Å². The highest BCUT2D eigenvalue weighted by atomic mass is 79.9. The van der Waals surface area contributed by atoms with Gasteiger partial charge in [0.1, 0.15) is 19.0 Å². The topological polar surface area (TPSA) is 44.8 Å². The number of fused-ring (bicyclic) bond motifs is 1. The maximum atomic E-state index is 12.1. The first kappa shape index (κ1) is 15.2. The van der Waals surface area contributed by atoms with Gasteiger partial charge < -0.3 is 14.2 Å². The highest BCUT2D eigenvalue weighted by Gasteiger charge is 2.18. The number of carbonyl (C=O) groups excluding carboxylic acids is 1. The molecule has 0 aliphatic carbocycles. The van der Waals surface area contributed by atoms with Crippen LogP contribution >= 0.6 is 27.5 Å². The van der Waals surface area contributed by atoms with Crippen molar-refractivity contribution in [3.05, 3.63) is 51.5 Å². The molecule has 22 heavy (non-hydrogen) atoms. The standard InChI is InChI=1S/C16H12BrClO4/c17-11-3-1-2-4-13(11)22-15(19)9-10-7-12(18)16-14(8-10)20-5-6-21-16/h1-4,7-8H,5-6,9H2. The fourth-order valence-corrected chi connectivity index (χ4v) is 2.77. The number of hydrogen-bond acceptors (Lipinski definition) is 4. The summed E-state index contributed by atoms with van der Waals surface area (Å²) in [7, 11) is 0. The number of carbonyl (C=O) groups is 1. The SMILES string of the molecule is O=C(Cc1cc(Cl)c2c(c1)OCCO2)Oc1ccccc1Br. The second-order valence-electron chi connectivity index (χ2n) is 4.68. The van der Waals surface area contributed by atoms with E-state index in [0.717, 1.165) is 4.47 Å². The lowest BCUT2D eigenvalue weighted by Crippen LogP contribution is -2.17. The Kier molecular flexibility index (Phi) is 4.55. The molecule has 0 unspecified atom stereocenters. The Morgan fingerprint density at radius 2 is 2.00 bits per heavy atom. The lowest BCUT2D eigenvalue weighted by molar-refractivity contribution is -0.133. The van der Waals surface area contributed by atoms with E-state index < -0.39 is 0 Å². The molecule has 4 nitrogen and oxygen atoms in total. The van der Waals surface area contributed by atoms with Crippen LogP contribution in [0.3, 0.4) is 0 Å². The molecule has 0 atom stereocenters. The fraction of sp³-hybridized carbons (Fsp3) is 0.188. The van der Waals surface area contributed by atoms with Crippen LogP contribution in [0.2, 0.25) is 5.02 Å². The number of benzene rings is 2. The number of ether oxygens (including phenoxy) is 3. The molecule has 3 rings (SSSR count). The Morgan fingerprint density at radius 1 is 1.23 bits per heavy atom. The zero-order valence-corrected chi connectivity index (χ0v) is 13.8. The average Bonchev–Trinajstić information content (AvgIpc) is 2.49. The highest BCUT2D eigenvalue weighted by Crippen LogP contribution is 2.38. The smallest absolute Gasteiger partial charge is 0.315 e. The van der Waals surface area contributed by atoms with Gasteiger partial charge in [-0.3, -0.25) is 4.79 Å². The van der Waals surface area contributed by atoms with Crippen LogP contribution in [-0.4, -0.2) is 19.2 Å². The van der Waals surface area contributed by atoms with Gasteiger partial charge in [-0.2, -0.15) is 0 Å². The predicted octanol–water partition coefficient (Wildman–Crippen LogP) is 4.02. The van der Waals surface area contributed by atoms with Crippen molar-refractivity contribution in [2.75, 3.05) is 13.2 Å². The van der Waals surface area contributed by atoms with Crippen molar-refractivity contribution in [1.82, 2.24) is 0 Å². The van der Waals surface area contributed by atoms with Crippen LogP contribution in [-0.2, 0) is 11.2 Å². The summed E-state index contributed by atoms with van der Waals surface area (Å²) in [5.41, 5.74) is 0.714. The molecular weight excluding hydrogens is 372 g/mol. The number of esters is 1. The number of rotatable bonds is 3. The minimum absolute atomic E-state index is 0.0949. The lowest BCUT2D eigenvalue weighted by Gasteiger charge is -2.20. The molecule has 0 fully saturated rings. The first-order valence-corrected chi connectivity index (χ1v) is 7.84. The van der Waals surface area contributed by atoms with Gasteiger partial charge in [0.2, 0.25) is 0 Å². The van der Waals surface area contributed by atoms with Crippen molar-refractivity contribution >= 4 is 33.5 Å². The van der Waals surface area contributed by atoms with Crippen LogP contribution in [0, 0.1) is 0 Å². The Morgan fingerprint density at radius 3 is 2.82 bits per heavy atom. The zero-order valence-electron chi connectivity index (χ0n) is 11.5. The summed E-state index contributed by atoms with van der Waals surface area (Å²) in [6, 6.07) is 10.6. The van der Waals surface area contributed by atoms with Crippen molar-refractivity contribution in [3.8, 4) is 17.2 Å². The van der Waals surface area contributed by atoms with Crippen molar-refractivity contribution in [2.24, 2.45) is 0 Å². The third-order valence-electron chi connectivity index (χ3n) is 3.07. The minimum Gasteiger partial charge on any atom is -0.486 e. The monoisotopic (exact) mass is 382 g/mol. The van der Waals surface area contributed by atoms with Crippen LogP contribution in [0.25, 0.3) is 0 Å². The van der Waals surface area contributed by atoms with E-state index in [1.807, 2.05) is 12.1 Å². The van der Waals surface area contributed by atoms with Crippen molar-refractivity contribution in [3.63, 3.8) is 0 Å². The molecule has 0 N–H and O–H groups in total. The first-order chi connectivity index (χ1) is 10.6. The molecule has 0 aromatic heterocycles. The average molecular weight is 384 g/mol. The summed E-state index contributed by atoms with van der Waals surface area (Å²) in [5, 5.41) is 0.431. The van der Waals surface area contributed by atoms with Gasteiger partial charge in [0.25, 0.3) is 0 Å². The molecule has 0 amide bonds. The summed E-state index contributed by atoms with van der Waals surface area (Å²) in [6.07, 6.45) is 0.0949.